The normalized spacial score (nSPS) is 24.6. The molecule has 0 heterocycles. The molecule has 1 aliphatic carbocycles. The van der Waals surface area contributed by atoms with E-state index in [4.69, 9.17) is 17.3 Å². The Morgan fingerprint density at radius 3 is 2.94 bits per heavy atom. The second-order valence-corrected chi connectivity index (χ2v) is 5.43. The molecular formula is C14H21ClN2. The van der Waals surface area contributed by atoms with Crippen molar-refractivity contribution in [1.29, 1.82) is 0 Å². The standard InChI is InChI=1S/C14H21ClN2/c1-2-10-4-3-5-12(8-10)17-14-7-6-11(16)9-13(14)15/h6-7,9-10,12,17H,2-5,8,16H2,1H3. The highest BCUT2D eigenvalue weighted by atomic mass is 35.5. The third kappa shape index (κ3) is 3.29. The van der Waals surface area contributed by atoms with Crippen LogP contribution >= 0.6 is 11.6 Å². The van der Waals surface area contributed by atoms with E-state index in [1.165, 1.54) is 32.1 Å². The van der Waals surface area contributed by atoms with Crippen molar-refractivity contribution in [1.82, 2.24) is 0 Å². The van der Waals surface area contributed by atoms with Gasteiger partial charge in [0, 0.05) is 11.7 Å². The molecule has 0 radical (unpaired) electrons. The molecule has 0 aromatic heterocycles. The van der Waals surface area contributed by atoms with Gasteiger partial charge in [-0.25, -0.2) is 0 Å². The van der Waals surface area contributed by atoms with Crippen molar-refractivity contribution in [2.45, 2.75) is 45.1 Å². The first-order valence-electron chi connectivity index (χ1n) is 6.50. The lowest BCUT2D eigenvalue weighted by Crippen LogP contribution is -2.27. The fraction of sp³-hybridized carbons (Fsp3) is 0.571. The smallest absolute Gasteiger partial charge is 0.0658 e. The van der Waals surface area contributed by atoms with Crippen molar-refractivity contribution in [2.75, 3.05) is 11.1 Å². The first-order valence-corrected chi connectivity index (χ1v) is 6.88. The van der Waals surface area contributed by atoms with E-state index < -0.39 is 0 Å². The van der Waals surface area contributed by atoms with Crippen LogP contribution < -0.4 is 11.1 Å². The Morgan fingerprint density at radius 1 is 1.41 bits per heavy atom. The molecule has 0 saturated heterocycles. The van der Waals surface area contributed by atoms with Crippen molar-refractivity contribution in [2.24, 2.45) is 5.92 Å². The molecule has 1 aliphatic rings. The van der Waals surface area contributed by atoms with Gasteiger partial charge in [0.25, 0.3) is 0 Å². The molecule has 3 heteroatoms. The van der Waals surface area contributed by atoms with Crippen LogP contribution in [0, 0.1) is 5.92 Å². The number of hydrogen-bond acceptors (Lipinski definition) is 2. The summed E-state index contributed by atoms with van der Waals surface area (Å²) in [6.45, 7) is 2.28. The van der Waals surface area contributed by atoms with Crippen LogP contribution in [-0.4, -0.2) is 6.04 Å². The molecule has 1 saturated carbocycles. The Kier molecular flexibility index (Phi) is 4.16. The minimum absolute atomic E-state index is 0.565. The number of nitrogens with two attached hydrogens (primary N) is 1. The molecule has 2 atom stereocenters. The van der Waals surface area contributed by atoms with Gasteiger partial charge in [-0.05, 0) is 37.0 Å². The summed E-state index contributed by atoms with van der Waals surface area (Å²) in [7, 11) is 0. The van der Waals surface area contributed by atoms with Crippen molar-refractivity contribution >= 4 is 23.0 Å². The summed E-state index contributed by atoms with van der Waals surface area (Å²) < 4.78 is 0. The molecule has 94 valence electrons. The highest BCUT2D eigenvalue weighted by Gasteiger charge is 2.20. The predicted octanol–water partition coefficient (Wildman–Crippen LogP) is 4.30. The Bertz CT molecular complexity index is 378. The Balaban J connectivity index is 2.00. The van der Waals surface area contributed by atoms with E-state index in [2.05, 4.69) is 12.2 Å². The summed E-state index contributed by atoms with van der Waals surface area (Å²) in [5, 5.41) is 4.28. The van der Waals surface area contributed by atoms with Crippen LogP contribution in [0.5, 0.6) is 0 Å². The molecule has 1 fully saturated rings. The van der Waals surface area contributed by atoms with Crippen LogP contribution in [0.25, 0.3) is 0 Å². The molecule has 0 aliphatic heterocycles. The Labute approximate surface area is 109 Å². The molecule has 17 heavy (non-hydrogen) atoms. The molecule has 2 nitrogen and oxygen atoms in total. The van der Waals surface area contributed by atoms with Gasteiger partial charge in [-0.15, -0.1) is 0 Å². The number of nitrogen functional groups attached to an aromatic ring is 1. The summed E-state index contributed by atoms with van der Waals surface area (Å²) in [6, 6.07) is 6.25. The maximum absolute atomic E-state index is 6.18. The maximum Gasteiger partial charge on any atom is 0.0658 e. The zero-order chi connectivity index (χ0) is 12.3. The topological polar surface area (TPSA) is 38.0 Å². The van der Waals surface area contributed by atoms with Gasteiger partial charge in [0.15, 0.2) is 0 Å². The zero-order valence-corrected chi connectivity index (χ0v) is 11.1. The summed E-state index contributed by atoms with van der Waals surface area (Å²) >= 11 is 6.18. The highest BCUT2D eigenvalue weighted by Crippen LogP contribution is 2.31. The lowest BCUT2D eigenvalue weighted by molar-refractivity contribution is 0.327. The maximum atomic E-state index is 6.18. The van der Waals surface area contributed by atoms with Gasteiger partial charge in [-0.1, -0.05) is 37.8 Å². The minimum atomic E-state index is 0.565. The lowest BCUT2D eigenvalue weighted by atomic mass is 9.84. The van der Waals surface area contributed by atoms with Gasteiger partial charge >= 0.3 is 0 Å². The fourth-order valence-electron chi connectivity index (χ4n) is 2.66. The summed E-state index contributed by atoms with van der Waals surface area (Å²) in [5.41, 5.74) is 7.43. The van der Waals surface area contributed by atoms with Gasteiger partial charge in [0.1, 0.15) is 0 Å². The van der Waals surface area contributed by atoms with Gasteiger partial charge in [0.2, 0.25) is 0 Å². The fourth-order valence-corrected chi connectivity index (χ4v) is 2.90. The molecule has 2 rings (SSSR count). The van der Waals surface area contributed by atoms with Crippen LogP contribution in [-0.2, 0) is 0 Å². The van der Waals surface area contributed by atoms with Crippen molar-refractivity contribution in [3.8, 4) is 0 Å². The number of anilines is 2. The Hall–Kier alpha value is -0.890. The third-order valence-corrected chi connectivity index (χ3v) is 4.03. The number of nitrogens with one attached hydrogen (secondary N) is 1. The van der Waals surface area contributed by atoms with Crippen LogP contribution in [0.1, 0.15) is 39.0 Å². The average Bonchev–Trinajstić information content (AvgIpc) is 2.33. The van der Waals surface area contributed by atoms with Crippen LogP contribution in [0.2, 0.25) is 5.02 Å². The lowest BCUT2D eigenvalue weighted by Gasteiger charge is -2.30. The van der Waals surface area contributed by atoms with E-state index in [1.807, 2.05) is 18.2 Å². The predicted molar refractivity (Wildman–Crippen MR) is 75.5 cm³/mol. The molecule has 1 aromatic carbocycles. The van der Waals surface area contributed by atoms with E-state index in [-0.39, 0.29) is 0 Å². The van der Waals surface area contributed by atoms with Crippen molar-refractivity contribution in [3.05, 3.63) is 23.2 Å². The zero-order valence-electron chi connectivity index (χ0n) is 10.4. The molecule has 0 spiro atoms. The van der Waals surface area contributed by atoms with E-state index in [9.17, 15) is 0 Å². The van der Waals surface area contributed by atoms with E-state index >= 15 is 0 Å². The minimum Gasteiger partial charge on any atom is -0.399 e. The van der Waals surface area contributed by atoms with Gasteiger partial charge < -0.3 is 11.1 Å². The number of hydrogen-bond donors (Lipinski definition) is 2. The average molecular weight is 253 g/mol. The molecule has 0 amide bonds. The van der Waals surface area contributed by atoms with Crippen LogP contribution in [0.3, 0.4) is 0 Å². The highest BCUT2D eigenvalue weighted by molar-refractivity contribution is 6.33. The summed E-state index contributed by atoms with van der Waals surface area (Å²) in [4.78, 5) is 0. The van der Waals surface area contributed by atoms with Gasteiger partial charge in [-0.2, -0.15) is 0 Å². The summed E-state index contributed by atoms with van der Waals surface area (Å²) in [5.74, 6) is 0.869. The van der Waals surface area contributed by atoms with E-state index in [0.29, 0.717) is 6.04 Å². The molecule has 1 aromatic rings. The second-order valence-electron chi connectivity index (χ2n) is 5.02. The monoisotopic (exact) mass is 252 g/mol. The third-order valence-electron chi connectivity index (χ3n) is 3.71. The first kappa shape index (κ1) is 12.6. The van der Waals surface area contributed by atoms with Crippen molar-refractivity contribution in [3.63, 3.8) is 0 Å². The second kappa shape index (κ2) is 5.63. The van der Waals surface area contributed by atoms with E-state index in [0.717, 1.165) is 22.3 Å². The van der Waals surface area contributed by atoms with Crippen molar-refractivity contribution < 1.29 is 0 Å². The number of rotatable bonds is 3. The molecule has 0 bridgehead atoms. The summed E-state index contributed by atoms with van der Waals surface area (Å²) in [6.07, 6.45) is 6.50. The number of halogens is 1. The van der Waals surface area contributed by atoms with Gasteiger partial charge in [0.05, 0.1) is 10.7 Å². The largest absolute Gasteiger partial charge is 0.399 e. The van der Waals surface area contributed by atoms with Crippen LogP contribution in [0.4, 0.5) is 11.4 Å². The SMILES string of the molecule is CCC1CCCC(Nc2ccc(N)cc2Cl)C1. The van der Waals surface area contributed by atoms with E-state index in [1.54, 1.807) is 0 Å². The molecule has 3 N–H and O–H groups in total. The molecule has 2 unspecified atom stereocenters. The quantitative estimate of drug-likeness (QED) is 0.787. The Morgan fingerprint density at radius 2 is 2.24 bits per heavy atom. The number of benzene rings is 1. The van der Waals surface area contributed by atoms with Crippen LogP contribution in [0.15, 0.2) is 18.2 Å². The molecular weight excluding hydrogens is 232 g/mol. The van der Waals surface area contributed by atoms with Gasteiger partial charge in [-0.3, -0.25) is 0 Å². The first-order chi connectivity index (χ1) is 8.19.